The molecule has 0 saturated carbocycles. The van der Waals surface area contributed by atoms with Gasteiger partial charge in [0.2, 0.25) is 0 Å². The Morgan fingerprint density at radius 2 is 1.95 bits per heavy atom. The van der Waals surface area contributed by atoms with Crippen molar-refractivity contribution in [3.05, 3.63) is 46.4 Å². The summed E-state index contributed by atoms with van der Waals surface area (Å²) in [6.45, 7) is 4.08. The van der Waals surface area contributed by atoms with Gasteiger partial charge in [0.15, 0.2) is 0 Å². The molecule has 0 radical (unpaired) electrons. The van der Waals surface area contributed by atoms with Crippen molar-refractivity contribution < 1.29 is 13.2 Å². The van der Waals surface area contributed by atoms with Crippen LogP contribution >= 0.6 is 11.6 Å². The molecule has 0 fully saturated rings. The lowest BCUT2D eigenvalue weighted by molar-refractivity contribution is -0.141. The zero-order valence-corrected chi connectivity index (χ0v) is 11.2. The van der Waals surface area contributed by atoms with Crippen LogP contribution in [0.5, 0.6) is 0 Å². The minimum atomic E-state index is -4.46. The summed E-state index contributed by atoms with van der Waals surface area (Å²) >= 11 is 6.06. The zero-order chi connectivity index (χ0) is 14.2. The molecule has 0 amide bonds. The van der Waals surface area contributed by atoms with E-state index < -0.39 is 11.9 Å². The highest BCUT2D eigenvalue weighted by Crippen LogP contribution is 2.34. The van der Waals surface area contributed by atoms with Crippen LogP contribution in [-0.4, -0.2) is 11.5 Å². The fraction of sp³-hybridized carbons (Fsp3) is 0.308. The Bertz CT molecular complexity index is 561. The first-order valence-corrected chi connectivity index (χ1v) is 6.01. The smallest absolute Gasteiger partial charge is 0.328 e. The highest BCUT2D eigenvalue weighted by Gasteiger charge is 2.33. The van der Waals surface area contributed by atoms with Crippen LogP contribution in [0.15, 0.2) is 35.1 Å². The first-order valence-electron chi connectivity index (χ1n) is 5.63. The molecule has 1 aromatic heterocycles. The summed E-state index contributed by atoms with van der Waals surface area (Å²) in [6, 6.07) is 1.03. The van der Waals surface area contributed by atoms with Gasteiger partial charge in [-0.25, -0.2) is 0 Å². The third-order valence-electron chi connectivity index (χ3n) is 2.83. The van der Waals surface area contributed by atoms with E-state index in [0.717, 1.165) is 11.6 Å². The SMILES string of the molecule is CC1=CC=C(Cl)N(c2cc(C(F)(F)F)ncc2C)C1. The summed E-state index contributed by atoms with van der Waals surface area (Å²) < 4.78 is 38.1. The minimum Gasteiger partial charge on any atom is -0.328 e. The molecule has 0 spiro atoms. The van der Waals surface area contributed by atoms with Gasteiger partial charge in [0.05, 0.1) is 0 Å². The number of alkyl halides is 3. The van der Waals surface area contributed by atoms with Gasteiger partial charge in [-0.15, -0.1) is 0 Å². The fourth-order valence-electron chi connectivity index (χ4n) is 1.84. The van der Waals surface area contributed by atoms with Crippen LogP contribution in [-0.2, 0) is 6.18 Å². The Kier molecular flexibility index (Phi) is 3.58. The zero-order valence-electron chi connectivity index (χ0n) is 10.4. The molecule has 1 aliphatic heterocycles. The van der Waals surface area contributed by atoms with Gasteiger partial charge in [-0.3, -0.25) is 4.98 Å². The molecule has 0 aliphatic carbocycles. The molecule has 102 valence electrons. The molecule has 1 aromatic rings. The van der Waals surface area contributed by atoms with E-state index in [1.807, 2.05) is 13.0 Å². The number of nitrogens with zero attached hydrogens (tertiary/aromatic N) is 2. The van der Waals surface area contributed by atoms with Gasteiger partial charge < -0.3 is 4.90 Å². The Morgan fingerprint density at radius 3 is 2.58 bits per heavy atom. The Balaban J connectivity index is 2.45. The molecule has 2 heterocycles. The standard InChI is InChI=1S/C13H12ClF3N2/c1-8-3-4-12(14)19(7-8)10-5-11(13(15,16)17)18-6-9(10)2/h3-6H,7H2,1-2H3. The van der Waals surface area contributed by atoms with E-state index in [-0.39, 0.29) is 0 Å². The van der Waals surface area contributed by atoms with E-state index in [1.165, 1.54) is 6.20 Å². The molecular weight excluding hydrogens is 277 g/mol. The van der Waals surface area contributed by atoms with E-state index in [9.17, 15) is 13.2 Å². The quantitative estimate of drug-likeness (QED) is 0.718. The molecule has 0 aromatic carbocycles. The normalized spacial score (nSPS) is 16.2. The van der Waals surface area contributed by atoms with Gasteiger partial charge in [0.25, 0.3) is 0 Å². The molecule has 2 nitrogen and oxygen atoms in total. The van der Waals surface area contributed by atoms with Crippen LogP contribution in [0.4, 0.5) is 18.9 Å². The van der Waals surface area contributed by atoms with Crippen molar-refractivity contribution in [2.45, 2.75) is 20.0 Å². The van der Waals surface area contributed by atoms with Crippen molar-refractivity contribution in [1.29, 1.82) is 0 Å². The number of hydrogen-bond acceptors (Lipinski definition) is 2. The average molecular weight is 289 g/mol. The Labute approximate surface area is 114 Å². The Hall–Kier alpha value is -1.49. The summed E-state index contributed by atoms with van der Waals surface area (Å²) in [6.07, 6.45) is 0.281. The van der Waals surface area contributed by atoms with Crippen molar-refractivity contribution in [2.24, 2.45) is 0 Å². The number of allylic oxidation sites excluding steroid dienone is 2. The summed E-state index contributed by atoms with van der Waals surface area (Å²) in [4.78, 5) is 5.06. The number of aromatic nitrogens is 1. The molecule has 0 bridgehead atoms. The van der Waals surface area contributed by atoms with Crippen LogP contribution in [0.1, 0.15) is 18.2 Å². The topological polar surface area (TPSA) is 16.1 Å². The molecule has 0 atom stereocenters. The monoisotopic (exact) mass is 288 g/mol. The first-order chi connectivity index (χ1) is 8.79. The van der Waals surface area contributed by atoms with Crippen LogP contribution in [0, 0.1) is 6.92 Å². The lowest BCUT2D eigenvalue weighted by Gasteiger charge is -2.28. The fourth-order valence-corrected chi connectivity index (χ4v) is 2.05. The van der Waals surface area contributed by atoms with Gasteiger partial charge in [-0.2, -0.15) is 13.2 Å². The predicted molar refractivity (Wildman–Crippen MR) is 69.0 cm³/mol. The number of anilines is 1. The Morgan fingerprint density at radius 1 is 1.26 bits per heavy atom. The second-order valence-corrected chi connectivity index (χ2v) is 4.83. The lowest BCUT2D eigenvalue weighted by Crippen LogP contribution is -2.25. The van der Waals surface area contributed by atoms with Gasteiger partial charge in [0, 0.05) is 18.4 Å². The largest absolute Gasteiger partial charge is 0.433 e. The first kappa shape index (κ1) is 13.9. The molecule has 0 N–H and O–H groups in total. The molecule has 0 unspecified atom stereocenters. The number of halogens is 4. The highest BCUT2D eigenvalue weighted by molar-refractivity contribution is 6.31. The maximum Gasteiger partial charge on any atom is 0.433 e. The van der Waals surface area contributed by atoms with Crippen molar-refractivity contribution in [1.82, 2.24) is 4.98 Å². The molecule has 6 heteroatoms. The maximum absolute atomic E-state index is 12.7. The van der Waals surface area contributed by atoms with Crippen LogP contribution in [0.2, 0.25) is 0 Å². The highest BCUT2D eigenvalue weighted by atomic mass is 35.5. The summed E-state index contributed by atoms with van der Waals surface area (Å²) in [7, 11) is 0. The average Bonchev–Trinajstić information content (AvgIpc) is 2.32. The minimum absolute atomic E-state index is 0.396. The van der Waals surface area contributed by atoms with Crippen molar-refractivity contribution >= 4 is 17.3 Å². The van der Waals surface area contributed by atoms with E-state index >= 15 is 0 Å². The van der Waals surface area contributed by atoms with Crippen molar-refractivity contribution in [2.75, 3.05) is 11.4 Å². The van der Waals surface area contributed by atoms with Gasteiger partial charge >= 0.3 is 6.18 Å². The third kappa shape index (κ3) is 2.92. The van der Waals surface area contributed by atoms with E-state index in [0.29, 0.717) is 23.0 Å². The predicted octanol–water partition coefficient (Wildman–Crippen LogP) is 4.26. The molecule has 2 rings (SSSR count). The van der Waals surface area contributed by atoms with Crippen LogP contribution in [0.3, 0.4) is 0 Å². The number of rotatable bonds is 1. The second kappa shape index (κ2) is 4.89. The van der Waals surface area contributed by atoms with Gasteiger partial charge in [0.1, 0.15) is 10.9 Å². The van der Waals surface area contributed by atoms with Gasteiger partial charge in [-0.1, -0.05) is 23.3 Å². The summed E-state index contributed by atoms with van der Waals surface area (Å²) in [5.74, 6) is 0. The van der Waals surface area contributed by atoms with E-state index in [4.69, 9.17) is 11.6 Å². The van der Waals surface area contributed by atoms with Crippen molar-refractivity contribution in [3.63, 3.8) is 0 Å². The maximum atomic E-state index is 12.7. The van der Waals surface area contributed by atoms with Gasteiger partial charge in [-0.05, 0) is 31.6 Å². The third-order valence-corrected chi connectivity index (χ3v) is 3.16. The van der Waals surface area contributed by atoms with Crippen molar-refractivity contribution in [3.8, 4) is 0 Å². The summed E-state index contributed by atoms with van der Waals surface area (Å²) in [5.41, 5.74) is 1.18. The van der Waals surface area contributed by atoms with E-state index in [2.05, 4.69) is 4.98 Å². The molecule has 0 saturated heterocycles. The molecular formula is C13H12ClF3N2. The molecule has 19 heavy (non-hydrogen) atoms. The van der Waals surface area contributed by atoms with Crippen LogP contribution in [0.25, 0.3) is 0 Å². The number of aryl methyl sites for hydroxylation is 1. The number of pyridine rings is 1. The second-order valence-electron chi connectivity index (χ2n) is 4.44. The lowest BCUT2D eigenvalue weighted by atomic mass is 10.1. The summed E-state index contributed by atoms with van der Waals surface area (Å²) in [5, 5.41) is 0.396. The van der Waals surface area contributed by atoms with E-state index in [1.54, 1.807) is 17.9 Å². The van der Waals surface area contributed by atoms with Crippen LogP contribution < -0.4 is 4.90 Å². The molecule has 1 aliphatic rings. The number of hydrogen-bond donors (Lipinski definition) is 0.